The van der Waals surface area contributed by atoms with Gasteiger partial charge in [0.1, 0.15) is 0 Å². The van der Waals surface area contributed by atoms with Gasteiger partial charge in [0.2, 0.25) is 5.82 Å². The molecule has 12 heteroatoms. The topological polar surface area (TPSA) is 80.8 Å². The van der Waals surface area contributed by atoms with Crippen LogP contribution in [0.3, 0.4) is 0 Å². The molecule has 0 bridgehead atoms. The highest BCUT2D eigenvalue weighted by Crippen LogP contribution is 2.33. The maximum absolute atomic E-state index is 13.9. The molecule has 0 radical (unpaired) electrons. The molecule has 3 aromatic rings. The van der Waals surface area contributed by atoms with E-state index < -0.39 is 55.9 Å². The van der Waals surface area contributed by atoms with Crippen molar-refractivity contribution in [2.75, 3.05) is 0 Å². The van der Waals surface area contributed by atoms with Crippen LogP contribution in [0.25, 0.3) is 10.8 Å². The number of hydroxylamine groups is 2. The van der Waals surface area contributed by atoms with E-state index in [1.807, 2.05) is 0 Å². The molecule has 2 amide bonds. The summed E-state index contributed by atoms with van der Waals surface area (Å²) in [4.78, 5) is 22.9. The summed E-state index contributed by atoms with van der Waals surface area (Å²) < 4.78 is 96.6. The van der Waals surface area contributed by atoms with Crippen LogP contribution in [0.5, 0.6) is 0 Å². The van der Waals surface area contributed by atoms with Gasteiger partial charge in [0.15, 0.2) is 28.2 Å². The zero-order valence-corrected chi connectivity index (χ0v) is 15.1. The molecule has 0 saturated heterocycles. The maximum atomic E-state index is 13.9. The Hall–Kier alpha value is -3.38. The van der Waals surface area contributed by atoms with Gasteiger partial charge in [-0.15, -0.1) is 9.35 Å². The second kappa shape index (κ2) is 6.57. The number of amides is 2. The lowest BCUT2D eigenvalue weighted by molar-refractivity contribution is -0.0159. The Bertz CT molecular complexity index is 1310. The van der Waals surface area contributed by atoms with E-state index in [2.05, 4.69) is 4.28 Å². The molecule has 30 heavy (non-hydrogen) atoms. The lowest BCUT2D eigenvalue weighted by atomic mass is 9.95. The van der Waals surface area contributed by atoms with E-state index in [1.54, 1.807) is 12.1 Å². The molecule has 0 aromatic heterocycles. The summed E-state index contributed by atoms with van der Waals surface area (Å²) in [6.07, 6.45) is 0. The van der Waals surface area contributed by atoms with Gasteiger partial charge in [0, 0.05) is 5.39 Å². The molecule has 4 rings (SSSR count). The minimum atomic E-state index is -5.83. The summed E-state index contributed by atoms with van der Waals surface area (Å²) in [5, 5.41) is 0.335. The van der Waals surface area contributed by atoms with Crippen LogP contribution < -0.4 is 0 Å². The number of nitrogens with zero attached hydrogens (tertiary/aromatic N) is 1. The Kier molecular flexibility index (Phi) is 4.36. The van der Waals surface area contributed by atoms with E-state index >= 15 is 0 Å². The predicted molar refractivity (Wildman–Crippen MR) is 89.0 cm³/mol. The first-order valence-corrected chi connectivity index (χ1v) is 9.33. The highest BCUT2D eigenvalue weighted by atomic mass is 32.2. The van der Waals surface area contributed by atoms with Crippen LogP contribution in [0.4, 0.5) is 22.0 Å². The highest BCUT2D eigenvalue weighted by molar-refractivity contribution is 7.86. The predicted octanol–water partition coefficient (Wildman–Crippen LogP) is 3.45. The molecule has 3 aromatic carbocycles. The number of hydrogen-bond donors (Lipinski definition) is 0. The number of halogens is 5. The number of carbonyl (C=O) groups is 2. The van der Waals surface area contributed by atoms with Crippen molar-refractivity contribution in [3.8, 4) is 0 Å². The zero-order chi connectivity index (χ0) is 22.0. The molecule has 0 aliphatic carbocycles. The minimum absolute atomic E-state index is 0.171. The monoisotopic (exact) mass is 443 g/mol. The quantitative estimate of drug-likeness (QED) is 0.268. The Balaban J connectivity index is 1.85. The summed E-state index contributed by atoms with van der Waals surface area (Å²) in [6.45, 7) is 0. The van der Waals surface area contributed by atoms with E-state index in [4.69, 9.17) is 0 Å². The molecular weight excluding hydrogens is 437 g/mol. The first-order valence-electron chi connectivity index (χ1n) is 7.93. The summed E-state index contributed by atoms with van der Waals surface area (Å²) in [7, 11) is -5.83. The third-order valence-electron chi connectivity index (χ3n) is 4.33. The fraction of sp³-hybridized carbons (Fsp3) is 0. The molecule has 0 fully saturated rings. The van der Waals surface area contributed by atoms with Crippen molar-refractivity contribution >= 4 is 32.7 Å². The van der Waals surface area contributed by atoms with Crippen molar-refractivity contribution < 1.29 is 44.2 Å². The van der Waals surface area contributed by atoms with Crippen molar-refractivity contribution in [3.05, 3.63) is 76.6 Å². The average Bonchev–Trinajstić information content (AvgIpc) is 2.72. The van der Waals surface area contributed by atoms with Crippen molar-refractivity contribution in [2.45, 2.75) is 4.90 Å². The van der Waals surface area contributed by atoms with Crippen LogP contribution in [0.1, 0.15) is 20.7 Å². The Labute approximate surface area is 164 Å². The molecule has 1 aliphatic rings. The molecular formula is C18H6F5NO5S. The van der Waals surface area contributed by atoms with Gasteiger partial charge in [-0.25, -0.2) is 22.0 Å². The summed E-state index contributed by atoms with van der Waals surface area (Å²) in [5.74, 6) is -15.7. The Morgan fingerprint density at radius 3 is 1.60 bits per heavy atom. The van der Waals surface area contributed by atoms with Crippen LogP contribution in [-0.2, 0) is 14.4 Å². The van der Waals surface area contributed by atoms with Gasteiger partial charge in [-0.2, -0.15) is 8.42 Å². The van der Waals surface area contributed by atoms with Crippen LogP contribution in [-0.4, -0.2) is 25.3 Å². The van der Waals surface area contributed by atoms with E-state index in [9.17, 15) is 40.0 Å². The normalized spacial score (nSPS) is 14.0. The molecule has 0 saturated carbocycles. The summed E-state index contributed by atoms with van der Waals surface area (Å²) >= 11 is 0. The number of benzene rings is 3. The molecule has 1 heterocycles. The van der Waals surface area contributed by atoms with E-state index in [1.165, 1.54) is 24.3 Å². The van der Waals surface area contributed by atoms with E-state index in [0.717, 1.165) is 0 Å². The Morgan fingerprint density at radius 2 is 1.13 bits per heavy atom. The number of carbonyl (C=O) groups excluding carboxylic acids is 2. The van der Waals surface area contributed by atoms with Crippen LogP contribution in [0.2, 0.25) is 0 Å². The van der Waals surface area contributed by atoms with Gasteiger partial charge in [-0.1, -0.05) is 24.3 Å². The number of imide groups is 1. The third kappa shape index (κ3) is 2.68. The largest absolute Gasteiger partial charge is 0.324 e. The van der Waals surface area contributed by atoms with Gasteiger partial charge in [-0.3, -0.25) is 9.59 Å². The van der Waals surface area contributed by atoms with Crippen LogP contribution >= 0.6 is 0 Å². The smallest absolute Gasteiger partial charge is 0.266 e. The molecule has 1 aliphatic heterocycles. The van der Waals surface area contributed by atoms with Crippen molar-refractivity contribution in [3.63, 3.8) is 0 Å². The molecule has 0 unspecified atom stereocenters. The number of hydrogen-bond acceptors (Lipinski definition) is 5. The van der Waals surface area contributed by atoms with Gasteiger partial charge in [0.05, 0.1) is 11.1 Å². The lowest BCUT2D eigenvalue weighted by Gasteiger charge is -2.25. The second-order valence-electron chi connectivity index (χ2n) is 6.04. The second-order valence-corrected chi connectivity index (χ2v) is 7.51. The minimum Gasteiger partial charge on any atom is -0.266 e. The van der Waals surface area contributed by atoms with Crippen LogP contribution in [0, 0.1) is 29.1 Å². The third-order valence-corrected chi connectivity index (χ3v) is 5.53. The van der Waals surface area contributed by atoms with E-state index in [0.29, 0.717) is 5.39 Å². The fourth-order valence-corrected chi connectivity index (χ4v) is 4.04. The molecule has 0 spiro atoms. The molecule has 154 valence electrons. The number of rotatable bonds is 3. The Morgan fingerprint density at radius 1 is 0.700 bits per heavy atom. The molecule has 0 atom stereocenters. The molecule has 0 N–H and O–H groups in total. The summed E-state index contributed by atoms with van der Waals surface area (Å²) in [6, 6.07) is 8.47. The van der Waals surface area contributed by atoms with Gasteiger partial charge < -0.3 is 0 Å². The lowest BCUT2D eigenvalue weighted by Crippen LogP contribution is -2.42. The van der Waals surface area contributed by atoms with Crippen molar-refractivity contribution in [1.82, 2.24) is 5.06 Å². The molecule has 6 nitrogen and oxygen atoms in total. The average molecular weight is 443 g/mol. The standard InChI is InChI=1S/C18H6F5NO5S/c19-11-12(20)14(22)16(15(23)13(11)21)30(27,28)29-24-17(25)8-5-1-3-7-4-2-6-9(10(7)8)18(24)26/h1-6H. The maximum Gasteiger partial charge on any atom is 0.324 e. The highest BCUT2D eigenvalue weighted by Gasteiger charge is 2.41. The van der Waals surface area contributed by atoms with Crippen molar-refractivity contribution in [2.24, 2.45) is 0 Å². The van der Waals surface area contributed by atoms with Gasteiger partial charge >= 0.3 is 10.1 Å². The van der Waals surface area contributed by atoms with Crippen LogP contribution in [0.15, 0.2) is 41.3 Å². The SMILES string of the molecule is O=C1c2cccc3cccc(c23)C(=O)N1OS(=O)(=O)c1c(F)c(F)c(F)c(F)c1F. The zero-order valence-electron chi connectivity index (χ0n) is 14.3. The van der Waals surface area contributed by atoms with E-state index in [-0.39, 0.29) is 21.6 Å². The first kappa shape index (κ1) is 19.9. The fourth-order valence-electron chi connectivity index (χ4n) is 3.02. The van der Waals surface area contributed by atoms with Gasteiger partial charge in [-0.05, 0) is 17.5 Å². The summed E-state index contributed by atoms with van der Waals surface area (Å²) in [5.41, 5.74) is -0.342. The van der Waals surface area contributed by atoms with Gasteiger partial charge in [0.25, 0.3) is 11.8 Å². The first-order chi connectivity index (χ1) is 14.1. The van der Waals surface area contributed by atoms with Crippen molar-refractivity contribution in [1.29, 1.82) is 0 Å².